The lowest BCUT2D eigenvalue weighted by molar-refractivity contribution is 0.176. The van der Waals surface area contributed by atoms with Gasteiger partial charge in [0.25, 0.3) is 0 Å². The number of hydrogen-bond donors (Lipinski definition) is 1. The summed E-state index contributed by atoms with van der Waals surface area (Å²) in [6.45, 7) is 9.83. The number of hydrogen-bond acceptors (Lipinski definition) is 5. The molecule has 7 nitrogen and oxygen atoms in total. The number of aromatic nitrogens is 4. The number of piperidine rings is 1. The Morgan fingerprint density at radius 3 is 2.69 bits per heavy atom. The van der Waals surface area contributed by atoms with Crippen LogP contribution in [0.1, 0.15) is 56.6 Å². The molecule has 1 aliphatic carbocycles. The molecule has 1 saturated heterocycles. The predicted molar refractivity (Wildman–Crippen MR) is 131 cm³/mol. The summed E-state index contributed by atoms with van der Waals surface area (Å²) in [7, 11) is -1.15. The summed E-state index contributed by atoms with van der Waals surface area (Å²) >= 11 is 3.62. The fourth-order valence-corrected chi connectivity index (χ4v) is 6.31. The monoisotopic (exact) mass is 516 g/mol. The van der Waals surface area contributed by atoms with E-state index in [1.54, 1.807) is 0 Å². The van der Waals surface area contributed by atoms with E-state index in [1.165, 1.54) is 5.56 Å². The van der Waals surface area contributed by atoms with E-state index < -0.39 is 11.0 Å². The van der Waals surface area contributed by atoms with Crippen LogP contribution in [-0.4, -0.2) is 41.4 Å². The third-order valence-electron chi connectivity index (χ3n) is 6.83. The number of aryl methyl sites for hydroxylation is 1. The van der Waals surface area contributed by atoms with Gasteiger partial charge >= 0.3 is 0 Å². The molecule has 1 fully saturated rings. The highest BCUT2D eigenvalue weighted by molar-refractivity contribution is 9.10. The highest BCUT2D eigenvalue weighted by atomic mass is 79.9. The first kappa shape index (κ1) is 22.0. The fourth-order valence-electron chi connectivity index (χ4n) is 4.98. The molecular formula is C23H29BrN6OS. The highest BCUT2D eigenvalue weighted by Gasteiger charge is 2.49. The molecule has 3 aromatic heterocycles. The largest absolute Gasteiger partial charge is 0.342 e. The minimum absolute atomic E-state index is 0.00651. The first-order valence-corrected chi connectivity index (χ1v) is 13.0. The summed E-state index contributed by atoms with van der Waals surface area (Å²) in [5, 5.41) is 0. The lowest BCUT2D eigenvalue weighted by Crippen LogP contribution is -2.48. The number of pyridine rings is 1. The van der Waals surface area contributed by atoms with Crippen LogP contribution >= 0.6 is 15.9 Å². The van der Waals surface area contributed by atoms with Crippen LogP contribution in [0.15, 0.2) is 35.2 Å². The van der Waals surface area contributed by atoms with Crippen molar-refractivity contribution in [3.63, 3.8) is 0 Å². The fraction of sp³-hybridized carbons (Fsp3) is 0.522. The zero-order valence-electron chi connectivity index (χ0n) is 18.9. The van der Waals surface area contributed by atoms with Crippen LogP contribution < -0.4 is 9.62 Å². The Hall–Kier alpha value is -1.84. The van der Waals surface area contributed by atoms with Gasteiger partial charge < -0.3 is 4.90 Å². The van der Waals surface area contributed by atoms with Crippen LogP contribution in [0.25, 0.3) is 5.65 Å². The van der Waals surface area contributed by atoms with Gasteiger partial charge in [-0.15, -0.1) is 0 Å². The second kappa shape index (κ2) is 7.88. The molecule has 1 spiro atoms. The summed E-state index contributed by atoms with van der Waals surface area (Å²) in [4.78, 5) is 16.4. The van der Waals surface area contributed by atoms with Crippen molar-refractivity contribution in [2.45, 2.75) is 57.7 Å². The van der Waals surface area contributed by atoms with Gasteiger partial charge in [0.1, 0.15) is 0 Å². The smallest absolute Gasteiger partial charge is 0.211 e. The number of anilines is 1. The van der Waals surface area contributed by atoms with Gasteiger partial charge in [0.05, 0.1) is 31.9 Å². The van der Waals surface area contributed by atoms with Crippen molar-refractivity contribution in [2.24, 2.45) is 5.41 Å². The first-order valence-electron chi connectivity index (χ1n) is 11.1. The molecule has 0 radical (unpaired) electrons. The van der Waals surface area contributed by atoms with Crippen molar-refractivity contribution in [1.29, 1.82) is 0 Å². The summed E-state index contributed by atoms with van der Waals surface area (Å²) < 4.78 is 19.3. The summed E-state index contributed by atoms with van der Waals surface area (Å²) in [6.07, 6.45) is 8.54. The number of imidazole rings is 1. The van der Waals surface area contributed by atoms with Gasteiger partial charge in [-0.2, -0.15) is 0 Å². The first-order chi connectivity index (χ1) is 15.2. The maximum Gasteiger partial charge on any atom is 0.211 e. The number of fused-ring (bicyclic) bond motifs is 2. The number of nitrogens with one attached hydrogen (secondary N) is 1. The lowest BCUT2D eigenvalue weighted by Gasteiger charge is -2.44. The van der Waals surface area contributed by atoms with Gasteiger partial charge in [-0.3, -0.25) is 9.38 Å². The van der Waals surface area contributed by atoms with Crippen LogP contribution in [0, 0.1) is 12.3 Å². The van der Waals surface area contributed by atoms with Crippen LogP contribution in [0.3, 0.4) is 0 Å². The molecule has 0 aromatic carbocycles. The summed E-state index contributed by atoms with van der Waals surface area (Å²) in [5.41, 5.74) is 4.18. The molecule has 2 atom stereocenters. The Balaban J connectivity index is 1.44. The molecule has 0 unspecified atom stereocenters. The van der Waals surface area contributed by atoms with Crippen LogP contribution in [-0.2, 0) is 17.4 Å². The number of rotatable bonds is 3. The molecule has 0 bridgehead atoms. The van der Waals surface area contributed by atoms with Gasteiger partial charge in [0, 0.05) is 37.4 Å². The molecular weight excluding hydrogens is 488 g/mol. The van der Waals surface area contributed by atoms with Crippen LogP contribution in [0.4, 0.5) is 5.95 Å². The second-order valence-corrected chi connectivity index (χ2v) is 12.7. The van der Waals surface area contributed by atoms with Gasteiger partial charge in [-0.1, -0.05) is 6.07 Å². The lowest BCUT2D eigenvalue weighted by atomic mass is 9.73. The third kappa shape index (κ3) is 3.58. The molecule has 5 rings (SSSR count). The Bertz CT molecular complexity index is 1190. The summed E-state index contributed by atoms with van der Waals surface area (Å²) in [6, 6.07) is 4.18. The standard InChI is InChI=1S/C23H29BrN6OS/c1-15-18(24)20-26-10-13-30(20)21(27-15)29-11-7-23(8-12-29)14-17-16(6-5-9-25-17)19(23)28-32(31)22(2,3)4/h5-6,9-10,13,19,28H,7-8,11-12,14H2,1-4H3/t19-,32+/m1/s1. The number of halogens is 1. The van der Waals surface area contributed by atoms with E-state index in [9.17, 15) is 4.21 Å². The van der Waals surface area contributed by atoms with Crippen LogP contribution in [0.2, 0.25) is 0 Å². The van der Waals surface area contributed by atoms with Gasteiger partial charge in [0.15, 0.2) is 5.65 Å². The second-order valence-electron chi connectivity index (χ2n) is 9.93. The minimum atomic E-state index is -1.15. The maximum absolute atomic E-state index is 13.1. The van der Waals surface area contributed by atoms with E-state index in [1.807, 2.05) is 52.4 Å². The van der Waals surface area contributed by atoms with E-state index in [0.717, 1.165) is 59.8 Å². The zero-order valence-corrected chi connectivity index (χ0v) is 21.3. The Morgan fingerprint density at radius 1 is 1.22 bits per heavy atom. The molecule has 3 aromatic rings. The highest BCUT2D eigenvalue weighted by Crippen LogP contribution is 2.52. The van der Waals surface area contributed by atoms with Gasteiger partial charge in [-0.25, -0.2) is 18.9 Å². The molecule has 2 aliphatic rings. The van der Waals surface area contributed by atoms with Gasteiger partial charge in [-0.05, 0) is 79.9 Å². The quantitative estimate of drug-likeness (QED) is 0.566. The van der Waals surface area contributed by atoms with E-state index >= 15 is 0 Å². The predicted octanol–water partition coefficient (Wildman–Crippen LogP) is 4.13. The number of nitrogens with zero attached hydrogens (tertiary/aromatic N) is 5. The minimum Gasteiger partial charge on any atom is -0.342 e. The Labute approximate surface area is 199 Å². The Kier molecular flexibility index (Phi) is 5.41. The van der Waals surface area contributed by atoms with E-state index in [0.29, 0.717) is 0 Å². The molecule has 0 amide bonds. The third-order valence-corrected chi connectivity index (χ3v) is 9.32. The molecule has 1 aliphatic heterocycles. The molecule has 0 saturated carbocycles. The van der Waals surface area contributed by atoms with Crippen molar-refractivity contribution in [1.82, 2.24) is 24.1 Å². The molecule has 32 heavy (non-hydrogen) atoms. The molecule has 9 heteroatoms. The van der Waals surface area contributed by atoms with Crippen molar-refractivity contribution < 1.29 is 4.21 Å². The summed E-state index contributed by atoms with van der Waals surface area (Å²) in [5.74, 6) is 0.935. The average Bonchev–Trinajstić information content (AvgIpc) is 3.35. The van der Waals surface area contributed by atoms with Crippen molar-refractivity contribution in [3.05, 3.63) is 52.1 Å². The van der Waals surface area contributed by atoms with E-state index in [2.05, 4.69) is 46.0 Å². The SMILES string of the molecule is Cc1nc(N2CCC3(CC2)Cc2ncccc2[C@H]3N[S@@](=O)C(C)(C)C)n2ccnc2c1Br. The Morgan fingerprint density at radius 2 is 1.97 bits per heavy atom. The molecule has 170 valence electrons. The van der Waals surface area contributed by atoms with Crippen molar-refractivity contribution in [3.8, 4) is 0 Å². The molecule has 4 heterocycles. The van der Waals surface area contributed by atoms with Crippen LogP contribution in [0.5, 0.6) is 0 Å². The van der Waals surface area contributed by atoms with Crippen molar-refractivity contribution in [2.75, 3.05) is 18.0 Å². The van der Waals surface area contributed by atoms with E-state index in [-0.39, 0.29) is 16.2 Å². The van der Waals surface area contributed by atoms with Gasteiger partial charge in [0.2, 0.25) is 5.95 Å². The maximum atomic E-state index is 13.1. The zero-order chi connectivity index (χ0) is 22.7. The normalized spacial score (nSPS) is 21.3. The van der Waals surface area contributed by atoms with Crippen molar-refractivity contribution >= 4 is 38.5 Å². The van der Waals surface area contributed by atoms with E-state index in [4.69, 9.17) is 4.98 Å². The molecule has 1 N–H and O–H groups in total. The topological polar surface area (TPSA) is 75.4 Å². The average molecular weight is 517 g/mol.